The largest absolute Gasteiger partial charge is 0.507 e. The number of hydrogen-bond acceptors (Lipinski definition) is 4. The van der Waals surface area contributed by atoms with Crippen LogP contribution in [-0.4, -0.2) is 24.2 Å². The van der Waals surface area contributed by atoms with Gasteiger partial charge in [-0.05, 0) is 24.3 Å². The first-order chi connectivity index (χ1) is 9.74. The van der Waals surface area contributed by atoms with Crippen LogP contribution in [0.4, 0.5) is 5.69 Å². The number of carbonyl (C=O) groups is 1. The minimum Gasteiger partial charge on any atom is -0.507 e. The van der Waals surface area contributed by atoms with Crippen molar-refractivity contribution in [1.82, 2.24) is 0 Å². The number of nitrogens with one attached hydrogen (secondary N) is 1. The van der Waals surface area contributed by atoms with Crippen LogP contribution >= 0.6 is 0 Å². The van der Waals surface area contributed by atoms with E-state index in [2.05, 4.69) is 5.32 Å². The fourth-order valence-corrected chi connectivity index (χ4v) is 1.99. The summed E-state index contributed by atoms with van der Waals surface area (Å²) >= 11 is 0. The molecule has 1 amide bonds. The van der Waals surface area contributed by atoms with E-state index in [9.17, 15) is 9.90 Å². The minimum absolute atomic E-state index is 0.0532. The highest BCUT2D eigenvalue weighted by atomic mass is 16.6. The number of amides is 1. The Morgan fingerprint density at radius 2 is 1.80 bits per heavy atom. The maximum atomic E-state index is 12.1. The van der Waals surface area contributed by atoms with Gasteiger partial charge in [0.05, 0.1) is 5.56 Å². The Labute approximate surface area is 115 Å². The van der Waals surface area contributed by atoms with E-state index >= 15 is 0 Å². The fraction of sp³-hybridized carbons (Fsp3) is 0.133. The van der Waals surface area contributed by atoms with Gasteiger partial charge >= 0.3 is 0 Å². The van der Waals surface area contributed by atoms with Gasteiger partial charge in [0.15, 0.2) is 11.5 Å². The van der Waals surface area contributed by atoms with Crippen LogP contribution < -0.4 is 14.8 Å². The van der Waals surface area contributed by atoms with E-state index in [1.54, 1.807) is 36.4 Å². The van der Waals surface area contributed by atoms with Crippen molar-refractivity contribution in [3.05, 3.63) is 48.0 Å². The zero-order valence-corrected chi connectivity index (χ0v) is 10.6. The van der Waals surface area contributed by atoms with E-state index in [-0.39, 0.29) is 17.2 Å². The number of phenolic OH excluding ortho intramolecular Hbond substituents is 1. The van der Waals surface area contributed by atoms with Gasteiger partial charge in [-0.2, -0.15) is 0 Å². The first-order valence-corrected chi connectivity index (χ1v) is 6.23. The molecule has 2 aromatic carbocycles. The van der Waals surface area contributed by atoms with E-state index in [1.807, 2.05) is 0 Å². The number of fused-ring (bicyclic) bond motifs is 1. The topological polar surface area (TPSA) is 67.8 Å². The van der Waals surface area contributed by atoms with E-state index in [0.717, 1.165) is 0 Å². The van der Waals surface area contributed by atoms with Gasteiger partial charge in [0.2, 0.25) is 0 Å². The SMILES string of the molecule is O=C(Nc1ccc2c(c1)OCCO2)c1ccccc1O. The summed E-state index contributed by atoms with van der Waals surface area (Å²) in [7, 11) is 0. The molecule has 0 bridgehead atoms. The van der Waals surface area contributed by atoms with Crippen LogP contribution in [0.1, 0.15) is 10.4 Å². The maximum absolute atomic E-state index is 12.1. The normalized spacial score (nSPS) is 12.8. The second-order valence-electron chi connectivity index (χ2n) is 4.33. The lowest BCUT2D eigenvalue weighted by molar-refractivity contribution is 0.102. The first kappa shape index (κ1) is 12.3. The molecule has 0 aliphatic carbocycles. The number of para-hydroxylation sites is 1. The van der Waals surface area contributed by atoms with Crippen molar-refractivity contribution in [2.45, 2.75) is 0 Å². The number of aromatic hydroxyl groups is 1. The maximum Gasteiger partial charge on any atom is 0.259 e. The molecule has 0 fully saturated rings. The lowest BCUT2D eigenvalue weighted by Gasteiger charge is -2.19. The molecule has 2 N–H and O–H groups in total. The molecule has 102 valence electrons. The highest BCUT2D eigenvalue weighted by Gasteiger charge is 2.14. The Hall–Kier alpha value is -2.69. The molecule has 0 saturated heterocycles. The van der Waals surface area contributed by atoms with E-state index in [0.29, 0.717) is 30.4 Å². The van der Waals surface area contributed by atoms with Crippen molar-refractivity contribution in [3.8, 4) is 17.2 Å². The molecule has 0 spiro atoms. The van der Waals surface area contributed by atoms with Gasteiger partial charge in [0, 0.05) is 11.8 Å². The van der Waals surface area contributed by atoms with Gasteiger partial charge in [-0.3, -0.25) is 4.79 Å². The quantitative estimate of drug-likeness (QED) is 0.880. The molecule has 0 saturated carbocycles. The second-order valence-corrected chi connectivity index (χ2v) is 4.33. The van der Waals surface area contributed by atoms with Crippen LogP contribution in [-0.2, 0) is 0 Å². The zero-order valence-electron chi connectivity index (χ0n) is 10.6. The van der Waals surface area contributed by atoms with E-state index in [4.69, 9.17) is 9.47 Å². The zero-order chi connectivity index (χ0) is 13.9. The number of anilines is 1. The monoisotopic (exact) mass is 271 g/mol. The Kier molecular flexibility index (Phi) is 3.16. The Bertz CT molecular complexity index is 654. The Morgan fingerprint density at radius 3 is 2.60 bits per heavy atom. The van der Waals surface area contributed by atoms with Crippen molar-refractivity contribution in [2.24, 2.45) is 0 Å². The molecular formula is C15H13NO4. The molecule has 0 unspecified atom stereocenters. The molecule has 1 heterocycles. The minimum atomic E-state index is -0.375. The Balaban J connectivity index is 1.81. The third-order valence-corrected chi connectivity index (χ3v) is 2.95. The molecule has 1 aliphatic rings. The molecule has 5 nitrogen and oxygen atoms in total. The summed E-state index contributed by atoms with van der Waals surface area (Å²) in [6.07, 6.45) is 0. The summed E-state index contributed by atoms with van der Waals surface area (Å²) in [6.45, 7) is 1.01. The molecular weight excluding hydrogens is 258 g/mol. The van der Waals surface area contributed by atoms with Gasteiger partial charge in [0.25, 0.3) is 5.91 Å². The van der Waals surface area contributed by atoms with Crippen LogP contribution in [0.3, 0.4) is 0 Å². The lowest BCUT2D eigenvalue weighted by atomic mass is 10.2. The van der Waals surface area contributed by atoms with Gasteiger partial charge in [-0.1, -0.05) is 12.1 Å². The van der Waals surface area contributed by atoms with Gasteiger partial charge in [-0.15, -0.1) is 0 Å². The van der Waals surface area contributed by atoms with Gasteiger partial charge in [-0.25, -0.2) is 0 Å². The predicted octanol–water partition coefficient (Wildman–Crippen LogP) is 2.42. The summed E-state index contributed by atoms with van der Waals surface area (Å²) < 4.78 is 10.9. The van der Waals surface area contributed by atoms with Crippen LogP contribution in [0.25, 0.3) is 0 Å². The number of benzene rings is 2. The fourth-order valence-electron chi connectivity index (χ4n) is 1.99. The molecule has 20 heavy (non-hydrogen) atoms. The van der Waals surface area contributed by atoms with Crippen LogP contribution in [0.2, 0.25) is 0 Å². The molecule has 0 aromatic heterocycles. The molecule has 0 radical (unpaired) electrons. The number of rotatable bonds is 2. The number of hydrogen-bond donors (Lipinski definition) is 2. The third-order valence-electron chi connectivity index (χ3n) is 2.95. The average molecular weight is 271 g/mol. The van der Waals surface area contributed by atoms with Crippen molar-refractivity contribution in [2.75, 3.05) is 18.5 Å². The predicted molar refractivity (Wildman–Crippen MR) is 73.5 cm³/mol. The van der Waals surface area contributed by atoms with Crippen molar-refractivity contribution in [3.63, 3.8) is 0 Å². The van der Waals surface area contributed by atoms with Crippen molar-refractivity contribution < 1.29 is 19.4 Å². The smallest absolute Gasteiger partial charge is 0.259 e. The van der Waals surface area contributed by atoms with E-state index in [1.165, 1.54) is 6.07 Å². The average Bonchev–Trinajstić information content (AvgIpc) is 2.47. The molecule has 3 rings (SSSR count). The highest BCUT2D eigenvalue weighted by molar-refractivity contribution is 6.06. The van der Waals surface area contributed by atoms with Crippen LogP contribution in [0.15, 0.2) is 42.5 Å². The van der Waals surface area contributed by atoms with Crippen LogP contribution in [0.5, 0.6) is 17.2 Å². The van der Waals surface area contributed by atoms with E-state index < -0.39 is 0 Å². The Morgan fingerprint density at radius 1 is 1.05 bits per heavy atom. The van der Waals surface area contributed by atoms with Gasteiger partial charge < -0.3 is 19.9 Å². The molecule has 5 heteroatoms. The van der Waals surface area contributed by atoms with Crippen LogP contribution in [0, 0.1) is 0 Å². The summed E-state index contributed by atoms with van der Waals surface area (Å²) in [5.41, 5.74) is 0.810. The number of phenols is 1. The molecule has 2 aromatic rings. The number of carbonyl (C=O) groups excluding carboxylic acids is 1. The third kappa shape index (κ3) is 2.38. The first-order valence-electron chi connectivity index (χ1n) is 6.23. The second kappa shape index (κ2) is 5.13. The highest BCUT2D eigenvalue weighted by Crippen LogP contribution is 2.32. The van der Waals surface area contributed by atoms with Crippen molar-refractivity contribution in [1.29, 1.82) is 0 Å². The lowest BCUT2D eigenvalue weighted by Crippen LogP contribution is -2.16. The molecule has 0 atom stereocenters. The summed E-state index contributed by atoms with van der Waals surface area (Å²) in [5.74, 6) is 0.838. The summed E-state index contributed by atoms with van der Waals surface area (Å²) in [6, 6.07) is 11.6. The molecule has 1 aliphatic heterocycles. The standard InChI is InChI=1S/C15H13NO4/c17-12-4-2-1-3-11(12)15(18)16-10-5-6-13-14(9-10)20-8-7-19-13/h1-6,9,17H,7-8H2,(H,16,18). The number of ether oxygens (including phenoxy) is 2. The van der Waals surface area contributed by atoms with Crippen molar-refractivity contribution >= 4 is 11.6 Å². The summed E-state index contributed by atoms with van der Waals surface area (Å²) in [5, 5.41) is 12.4. The summed E-state index contributed by atoms with van der Waals surface area (Å²) in [4.78, 5) is 12.1. The van der Waals surface area contributed by atoms with Gasteiger partial charge in [0.1, 0.15) is 19.0 Å².